The first-order valence-electron chi connectivity index (χ1n) is 6.76. The van der Waals surface area contributed by atoms with Crippen LogP contribution in [-0.2, 0) is 17.8 Å². The molecule has 0 aliphatic carbocycles. The van der Waals surface area contributed by atoms with Gasteiger partial charge in [-0.05, 0) is 36.3 Å². The average Bonchev–Trinajstić information content (AvgIpc) is 2.83. The van der Waals surface area contributed by atoms with Crippen LogP contribution in [0.4, 0.5) is 0 Å². The fourth-order valence-corrected chi connectivity index (χ4v) is 2.84. The zero-order chi connectivity index (χ0) is 13.4. The number of carbonyl (C=O) groups is 1. The van der Waals surface area contributed by atoms with Crippen LogP contribution < -0.4 is 10.6 Å². The minimum absolute atomic E-state index is 0.0957. The van der Waals surface area contributed by atoms with E-state index in [9.17, 15) is 4.79 Å². The van der Waals surface area contributed by atoms with Gasteiger partial charge in [0.25, 0.3) is 0 Å². The molecule has 2 N–H and O–H groups in total. The largest absolute Gasteiger partial charge is 0.352 e. The lowest BCUT2D eigenvalue weighted by molar-refractivity contribution is -0.121. The Kier molecular flexibility index (Phi) is 6.98. The molecule has 0 spiro atoms. The van der Waals surface area contributed by atoms with Crippen LogP contribution in [0.2, 0.25) is 0 Å². The summed E-state index contributed by atoms with van der Waals surface area (Å²) in [4.78, 5) is 13.0. The highest BCUT2D eigenvalue weighted by atomic mass is 32.1. The SMILES string of the molecule is CCc1ccsc1CNCC(=O)NC(CC)CC. The summed E-state index contributed by atoms with van der Waals surface area (Å²) in [7, 11) is 0. The minimum Gasteiger partial charge on any atom is -0.352 e. The summed E-state index contributed by atoms with van der Waals surface area (Å²) in [6, 6.07) is 2.47. The van der Waals surface area contributed by atoms with Gasteiger partial charge in [-0.1, -0.05) is 20.8 Å². The molecule has 18 heavy (non-hydrogen) atoms. The van der Waals surface area contributed by atoms with Crippen molar-refractivity contribution in [3.63, 3.8) is 0 Å². The van der Waals surface area contributed by atoms with Crippen molar-refractivity contribution >= 4 is 17.2 Å². The molecule has 1 aromatic heterocycles. The standard InChI is InChI=1S/C14H24N2OS/c1-4-11-7-8-18-13(11)9-15-10-14(17)16-12(5-2)6-3/h7-8,12,15H,4-6,9-10H2,1-3H3,(H,16,17). The van der Waals surface area contributed by atoms with Crippen LogP contribution in [0.5, 0.6) is 0 Å². The summed E-state index contributed by atoms with van der Waals surface area (Å²) in [6.07, 6.45) is 3.04. The number of rotatable bonds is 8. The molecule has 0 saturated carbocycles. The number of amides is 1. The van der Waals surface area contributed by atoms with E-state index >= 15 is 0 Å². The Labute approximate surface area is 114 Å². The monoisotopic (exact) mass is 268 g/mol. The van der Waals surface area contributed by atoms with Gasteiger partial charge in [-0.15, -0.1) is 11.3 Å². The van der Waals surface area contributed by atoms with Crippen molar-refractivity contribution in [3.8, 4) is 0 Å². The molecule has 3 nitrogen and oxygen atoms in total. The van der Waals surface area contributed by atoms with Gasteiger partial charge in [0.15, 0.2) is 0 Å². The van der Waals surface area contributed by atoms with E-state index in [1.165, 1.54) is 10.4 Å². The zero-order valence-electron chi connectivity index (χ0n) is 11.6. The van der Waals surface area contributed by atoms with Gasteiger partial charge in [0, 0.05) is 17.5 Å². The van der Waals surface area contributed by atoms with E-state index in [1.807, 2.05) is 0 Å². The van der Waals surface area contributed by atoms with Crippen LogP contribution in [0.1, 0.15) is 44.1 Å². The van der Waals surface area contributed by atoms with Gasteiger partial charge in [0.05, 0.1) is 6.54 Å². The van der Waals surface area contributed by atoms with E-state index < -0.39 is 0 Å². The van der Waals surface area contributed by atoms with Crippen LogP contribution in [-0.4, -0.2) is 18.5 Å². The molecule has 1 rings (SSSR count). The summed E-state index contributed by atoms with van der Waals surface area (Å²) in [5, 5.41) is 8.35. The molecule has 1 heterocycles. The summed E-state index contributed by atoms with van der Waals surface area (Å²) < 4.78 is 0. The molecule has 0 unspecified atom stereocenters. The van der Waals surface area contributed by atoms with Crippen molar-refractivity contribution in [2.24, 2.45) is 0 Å². The second kappa shape index (κ2) is 8.27. The van der Waals surface area contributed by atoms with Crippen LogP contribution in [0.25, 0.3) is 0 Å². The van der Waals surface area contributed by atoms with E-state index in [2.05, 4.69) is 42.9 Å². The average molecular weight is 268 g/mol. The molecule has 0 radical (unpaired) electrons. The van der Waals surface area contributed by atoms with Crippen LogP contribution in [0.3, 0.4) is 0 Å². The van der Waals surface area contributed by atoms with Crippen molar-refractivity contribution < 1.29 is 4.79 Å². The fourth-order valence-electron chi connectivity index (χ4n) is 1.90. The second-order valence-electron chi connectivity index (χ2n) is 4.41. The Morgan fingerprint density at radius 3 is 2.67 bits per heavy atom. The van der Waals surface area contributed by atoms with Crippen molar-refractivity contribution in [1.29, 1.82) is 0 Å². The lowest BCUT2D eigenvalue weighted by Gasteiger charge is -2.14. The van der Waals surface area contributed by atoms with E-state index in [1.54, 1.807) is 11.3 Å². The molecule has 0 atom stereocenters. The molecule has 0 bridgehead atoms. The van der Waals surface area contributed by atoms with Gasteiger partial charge in [-0.2, -0.15) is 0 Å². The number of aryl methyl sites for hydroxylation is 1. The Morgan fingerprint density at radius 1 is 1.33 bits per heavy atom. The molecule has 0 saturated heterocycles. The Hall–Kier alpha value is -0.870. The predicted octanol–water partition coefficient (Wildman–Crippen LogP) is 2.70. The lowest BCUT2D eigenvalue weighted by Crippen LogP contribution is -2.39. The zero-order valence-corrected chi connectivity index (χ0v) is 12.4. The first-order chi connectivity index (χ1) is 8.71. The molecule has 0 fully saturated rings. The fraction of sp³-hybridized carbons (Fsp3) is 0.643. The third kappa shape index (κ3) is 4.78. The van der Waals surface area contributed by atoms with E-state index in [0.717, 1.165) is 25.8 Å². The maximum atomic E-state index is 11.7. The molecular formula is C14H24N2OS. The second-order valence-corrected chi connectivity index (χ2v) is 5.41. The summed E-state index contributed by atoms with van der Waals surface area (Å²) in [6.45, 7) is 7.54. The lowest BCUT2D eigenvalue weighted by atomic mass is 10.2. The summed E-state index contributed by atoms with van der Waals surface area (Å²) in [5.74, 6) is 0.0957. The van der Waals surface area contributed by atoms with Crippen LogP contribution in [0.15, 0.2) is 11.4 Å². The number of hydrogen-bond acceptors (Lipinski definition) is 3. The smallest absolute Gasteiger partial charge is 0.234 e. The minimum atomic E-state index is 0.0957. The van der Waals surface area contributed by atoms with Gasteiger partial charge < -0.3 is 10.6 Å². The number of nitrogens with one attached hydrogen (secondary N) is 2. The Bertz CT molecular complexity index is 358. The highest BCUT2D eigenvalue weighted by molar-refractivity contribution is 7.10. The molecule has 0 aromatic carbocycles. The summed E-state index contributed by atoms with van der Waals surface area (Å²) in [5.41, 5.74) is 1.38. The molecule has 1 amide bonds. The van der Waals surface area contributed by atoms with Gasteiger partial charge >= 0.3 is 0 Å². The molecule has 0 aliphatic rings. The molecular weight excluding hydrogens is 244 g/mol. The maximum absolute atomic E-state index is 11.7. The van der Waals surface area contributed by atoms with Crippen molar-refractivity contribution in [2.75, 3.05) is 6.54 Å². The van der Waals surface area contributed by atoms with E-state index in [-0.39, 0.29) is 5.91 Å². The maximum Gasteiger partial charge on any atom is 0.234 e. The molecule has 4 heteroatoms. The quantitative estimate of drug-likeness (QED) is 0.761. The van der Waals surface area contributed by atoms with Gasteiger partial charge in [-0.3, -0.25) is 4.79 Å². The van der Waals surface area contributed by atoms with E-state index in [0.29, 0.717) is 12.6 Å². The highest BCUT2D eigenvalue weighted by Crippen LogP contribution is 2.16. The van der Waals surface area contributed by atoms with Crippen molar-refractivity contribution in [1.82, 2.24) is 10.6 Å². The number of carbonyl (C=O) groups excluding carboxylic acids is 1. The Balaban J connectivity index is 2.27. The molecule has 102 valence electrons. The summed E-state index contributed by atoms with van der Waals surface area (Å²) >= 11 is 1.75. The van der Waals surface area contributed by atoms with Crippen molar-refractivity contribution in [3.05, 3.63) is 21.9 Å². The first-order valence-corrected chi connectivity index (χ1v) is 7.64. The highest BCUT2D eigenvalue weighted by Gasteiger charge is 2.08. The van der Waals surface area contributed by atoms with Gasteiger partial charge in [0.2, 0.25) is 5.91 Å². The third-order valence-electron chi connectivity index (χ3n) is 3.14. The van der Waals surface area contributed by atoms with Gasteiger partial charge in [-0.25, -0.2) is 0 Å². The normalized spacial score (nSPS) is 10.9. The van der Waals surface area contributed by atoms with Crippen LogP contribution in [0, 0.1) is 0 Å². The van der Waals surface area contributed by atoms with E-state index in [4.69, 9.17) is 0 Å². The van der Waals surface area contributed by atoms with Crippen molar-refractivity contribution in [2.45, 2.75) is 52.6 Å². The molecule has 1 aromatic rings. The van der Waals surface area contributed by atoms with Crippen LogP contribution >= 0.6 is 11.3 Å². The van der Waals surface area contributed by atoms with Gasteiger partial charge in [0.1, 0.15) is 0 Å². The topological polar surface area (TPSA) is 41.1 Å². The predicted molar refractivity (Wildman–Crippen MR) is 77.9 cm³/mol. The third-order valence-corrected chi connectivity index (χ3v) is 4.10. The number of thiophene rings is 1. The first kappa shape index (κ1) is 15.2. The number of hydrogen-bond donors (Lipinski definition) is 2. The molecule has 0 aliphatic heterocycles. The Morgan fingerprint density at radius 2 is 2.06 bits per heavy atom.